The molecule has 0 atom stereocenters. The second-order valence-corrected chi connectivity index (χ2v) is 12.3. The lowest BCUT2D eigenvalue weighted by Crippen LogP contribution is -2.08. The van der Waals surface area contributed by atoms with Crippen molar-refractivity contribution in [2.24, 2.45) is 0 Å². The van der Waals surface area contributed by atoms with E-state index in [1.807, 2.05) is 0 Å². The molecule has 0 spiro atoms. The molecule has 0 saturated heterocycles. The van der Waals surface area contributed by atoms with Crippen molar-refractivity contribution in [3.05, 3.63) is 109 Å². The molecular formula is C32H28Si2. The molecule has 2 heteroatoms. The van der Waals surface area contributed by atoms with E-state index in [-0.39, 0.29) is 19.0 Å². The molecule has 0 unspecified atom stereocenters. The maximum atomic E-state index is 2.37. The van der Waals surface area contributed by atoms with Crippen LogP contribution in [0.4, 0.5) is 0 Å². The van der Waals surface area contributed by atoms with Gasteiger partial charge in [0.15, 0.2) is 0 Å². The van der Waals surface area contributed by atoms with E-state index in [0.717, 1.165) is 0 Å². The Balaban J connectivity index is 1.49. The molecular weight excluding hydrogens is 441 g/mol. The van der Waals surface area contributed by atoms with E-state index in [4.69, 9.17) is 0 Å². The first-order valence-corrected chi connectivity index (χ1v) is 16.6. The summed E-state index contributed by atoms with van der Waals surface area (Å²) in [5.41, 5.74) is 5.17. The molecule has 34 heavy (non-hydrogen) atoms. The van der Waals surface area contributed by atoms with Gasteiger partial charge in [0.2, 0.25) is 0 Å². The van der Waals surface area contributed by atoms with Crippen LogP contribution in [-0.4, -0.2) is 19.0 Å². The summed E-state index contributed by atoms with van der Waals surface area (Å²) in [7, 11) is -0.261. The number of rotatable bonds is 4. The number of hydrogen-bond acceptors (Lipinski definition) is 0. The molecule has 0 radical (unpaired) electrons. The third-order valence-electron chi connectivity index (χ3n) is 7.17. The van der Waals surface area contributed by atoms with Crippen molar-refractivity contribution in [1.29, 1.82) is 0 Å². The number of hydrogen-bond donors (Lipinski definition) is 0. The topological polar surface area (TPSA) is 0 Å². The molecule has 164 valence electrons. The lowest BCUT2D eigenvalue weighted by molar-refractivity contribution is 1.66. The van der Waals surface area contributed by atoms with Crippen LogP contribution < -0.4 is 10.4 Å². The molecule has 0 heterocycles. The number of fused-ring (bicyclic) bond motifs is 3. The summed E-state index contributed by atoms with van der Waals surface area (Å²) in [6.45, 7) is 4.70. The van der Waals surface area contributed by atoms with Crippen LogP contribution in [-0.2, 0) is 0 Å². The van der Waals surface area contributed by atoms with Gasteiger partial charge in [0.1, 0.15) is 0 Å². The van der Waals surface area contributed by atoms with Gasteiger partial charge in [0.05, 0.1) is 19.0 Å². The molecule has 0 aliphatic rings. The summed E-state index contributed by atoms with van der Waals surface area (Å²) >= 11 is 0. The third kappa shape index (κ3) is 3.69. The molecule has 0 aromatic heterocycles. The van der Waals surface area contributed by atoms with Crippen molar-refractivity contribution in [2.75, 3.05) is 0 Å². The normalized spacial score (nSPS) is 12.2. The van der Waals surface area contributed by atoms with Gasteiger partial charge in [-0.25, -0.2) is 0 Å². The smallest absolute Gasteiger partial charge is 0.0517 e. The van der Waals surface area contributed by atoms with Gasteiger partial charge in [-0.3, -0.25) is 0 Å². The Morgan fingerprint density at radius 1 is 0.412 bits per heavy atom. The second kappa shape index (κ2) is 8.71. The predicted molar refractivity (Wildman–Crippen MR) is 158 cm³/mol. The van der Waals surface area contributed by atoms with Gasteiger partial charge in [-0.15, -0.1) is 0 Å². The maximum absolute atomic E-state index is 2.37. The van der Waals surface area contributed by atoms with Gasteiger partial charge in [-0.1, -0.05) is 121 Å². The predicted octanol–water partition coefficient (Wildman–Crippen LogP) is 6.16. The standard InChI is InChI=1S/C32H28Si2/c1-33-27-13-11-21-17-25(9-7-23(21)19-27)29-15-16-30(32-6-4-3-5-31(29)32)26-10-8-24-20-28(34-2)14-12-22(24)18-26/h3-20H,33-34H2,1-2H3. The average Bonchev–Trinajstić information content (AvgIpc) is 2.91. The Hall–Kier alpha value is -3.47. The second-order valence-electron chi connectivity index (χ2n) is 9.21. The zero-order chi connectivity index (χ0) is 23.1. The fourth-order valence-electron chi connectivity index (χ4n) is 5.17. The minimum atomic E-state index is -0.131. The Kier molecular flexibility index (Phi) is 5.41. The quantitative estimate of drug-likeness (QED) is 0.272. The van der Waals surface area contributed by atoms with E-state index >= 15 is 0 Å². The fraction of sp³-hybridized carbons (Fsp3) is 0.0625. The van der Waals surface area contributed by atoms with Crippen LogP contribution >= 0.6 is 0 Å². The molecule has 0 nitrogen and oxygen atoms in total. The highest BCUT2D eigenvalue weighted by Crippen LogP contribution is 2.37. The van der Waals surface area contributed by atoms with Crippen LogP contribution in [0.3, 0.4) is 0 Å². The fourth-order valence-corrected chi connectivity index (χ4v) is 6.72. The molecule has 6 aromatic rings. The van der Waals surface area contributed by atoms with Crippen molar-refractivity contribution in [2.45, 2.75) is 13.1 Å². The van der Waals surface area contributed by atoms with Crippen molar-refractivity contribution in [3.8, 4) is 22.3 Å². The lowest BCUT2D eigenvalue weighted by Gasteiger charge is -2.14. The summed E-state index contributed by atoms with van der Waals surface area (Å²) in [6.07, 6.45) is 0. The van der Waals surface area contributed by atoms with Gasteiger partial charge in [0, 0.05) is 0 Å². The molecule has 0 aliphatic carbocycles. The van der Waals surface area contributed by atoms with E-state index in [2.05, 4.69) is 122 Å². The SMILES string of the molecule is C[SiH2]c1ccc2cc(-c3ccc(-c4ccc5cc([SiH2]C)ccc5c4)c4ccccc34)ccc2c1. The highest BCUT2D eigenvalue weighted by molar-refractivity contribution is 6.52. The summed E-state index contributed by atoms with van der Waals surface area (Å²) in [4.78, 5) is 0. The van der Waals surface area contributed by atoms with Crippen LogP contribution in [0.1, 0.15) is 0 Å². The van der Waals surface area contributed by atoms with E-state index in [0.29, 0.717) is 0 Å². The first-order chi connectivity index (χ1) is 16.7. The van der Waals surface area contributed by atoms with Gasteiger partial charge in [-0.05, 0) is 66.7 Å². The highest BCUT2D eigenvalue weighted by Gasteiger charge is 2.11. The first kappa shape index (κ1) is 21.1. The van der Waals surface area contributed by atoms with Crippen LogP contribution in [0.5, 0.6) is 0 Å². The van der Waals surface area contributed by atoms with E-state index in [1.54, 1.807) is 0 Å². The average molecular weight is 469 g/mol. The molecule has 0 amide bonds. The maximum Gasteiger partial charge on any atom is 0.0517 e. The summed E-state index contributed by atoms with van der Waals surface area (Å²) in [5.74, 6) is 0. The Labute approximate surface area is 205 Å². The molecule has 6 aromatic carbocycles. The van der Waals surface area contributed by atoms with E-state index < -0.39 is 0 Å². The largest absolute Gasteiger partial charge is 0.0708 e. The van der Waals surface area contributed by atoms with Crippen LogP contribution in [0.2, 0.25) is 13.1 Å². The number of benzene rings is 6. The van der Waals surface area contributed by atoms with Crippen molar-refractivity contribution < 1.29 is 0 Å². The molecule has 0 bridgehead atoms. The van der Waals surface area contributed by atoms with Crippen molar-refractivity contribution >= 4 is 61.7 Å². The van der Waals surface area contributed by atoms with Gasteiger partial charge in [-0.2, -0.15) is 0 Å². The minimum Gasteiger partial charge on any atom is -0.0708 e. The summed E-state index contributed by atoms with van der Waals surface area (Å²) in [6, 6.07) is 41.3. The zero-order valence-electron chi connectivity index (χ0n) is 19.8. The molecule has 6 rings (SSSR count). The van der Waals surface area contributed by atoms with Crippen LogP contribution in [0, 0.1) is 0 Å². The Morgan fingerprint density at radius 3 is 1.26 bits per heavy atom. The minimum absolute atomic E-state index is 0.131. The Morgan fingerprint density at radius 2 is 0.824 bits per heavy atom. The summed E-state index contributed by atoms with van der Waals surface area (Å²) in [5, 5.41) is 11.0. The van der Waals surface area contributed by atoms with Crippen LogP contribution in [0.15, 0.2) is 109 Å². The molecule has 0 fully saturated rings. The first-order valence-electron chi connectivity index (χ1n) is 12.3. The van der Waals surface area contributed by atoms with Gasteiger partial charge in [0.25, 0.3) is 0 Å². The molecule has 0 N–H and O–H groups in total. The van der Waals surface area contributed by atoms with E-state index in [1.165, 1.54) is 64.9 Å². The third-order valence-corrected chi connectivity index (χ3v) is 9.68. The van der Waals surface area contributed by atoms with E-state index in [9.17, 15) is 0 Å². The van der Waals surface area contributed by atoms with Gasteiger partial charge < -0.3 is 0 Å². The Bertz CT molecular complexity index is 1550. The molecule has 0 aliphatic heterocycles. The molecule has 0 saturated carbocycles. The highest BCUT2D eigenvalue weighted by atomic mass is 28.2. The van der Waals surface area contributed by atoms with Crippen molar-refractivity contribution in [3.63, 3.8) is 0 Å². The van der Waals surface area contributed by atoms with Crippen molar-refractivity contribution in [1.82, 2.24) is 0 Å². The summed E-state index contributed by atoms with van der Waals surface area (Å²) < 4.78 is 0. The lowest BCUT2D eigenvalue weighted by atomic mass is 9.91. The van der Waals surface area contributed by atoms with Crippen LogP contribution in [0.25, 0.3) is 54.6 Å². The van der Waals surface area contributed by atoms with Gasteiger partial charge >= 0.3 is 0 Å². The monoisotopic (exact) mass is 468 g/mol. The zero-order valence-corrected chi connectivity index (χ0v) is 22.6.